The third-order valence-electron chi connectivity index (χ3n) is 3.97. The first-order chi connectivity index (χ1) is 12.0. The van der Waals surface area contributed by atoms with Gasteiger partial charge in [-0.05, 0) is 42.8 Å². The van der Waals surface area contributed by atoms with E-state index in [2.05, 4.69) is 5.32 Å². The maximum Gasteiger partial charge on any atom is 0.261 e. The van der Waals surface area contributed by atoms with Gasteiger partial charge in [-0.1, -0.05) is 12.1 Å². The van der Waals surface area contributed by atoms with Crippen LogP contribution in [0.5, 0.6) is 5.75 Å². The van der Waals surface area contributed by atoms with Gasteiger partial charge in [-0.3, -0.25) is 19.3 Å². The zero-order chi connectivity index (χ0) is 18.0. The van der Waals surface area contributed by atoms with Crippen molar-refractivity contribution in [2.24, 2.45) is 0 Å². The maximum atomic E-state index is 12.2. The zero-order valence-corrected chi connectivity index (χ0v) is 14.0. The SMILES string of the molecule is CCOc1ccc(CC(=O)Nc2ccc3c(c2)C(=O)N(C)C3=O)cc1. The summed E-state index contributed by atoms with van der Waals surface area (Å²) < 4.78 is 5.37. The Morgan fingerprint density at radius 1 is 1.04 bits per heavy atom. The van der Waals surface area contributed by atoms with E-state index in [-0.39, 0.29) is 24.1 Å². The van der Waals surface area contributed by atoms with Crippen LogP contribution in [0.25, 0.3) is 0 Å². The van der Waals surface area contributed by atoms with Crippen molar-refractivity contribution in [3.63, 3.8) is 0 Å². The molecule has 3 rings (SSSR count). The molecule has 3 amide bonds. The van der Waals surface area contributed by atoms with Gasteiger partial charge in [0.2, 0.25) is 5.91 Å². The Hall–Kier alpha value is -3.15. The van der Waals surface area contributed by atoms with Crippen molar-refractivity contribution < 1.29 is 19.1 Å². The standard InChI is InChI=1S/C19H18N2O4/c1-3-25-14-7-4-12(5-8-14)10-17(22)20-13-6-9-15-16(11-13)19(24)21(2)18(15)23/h4-9,11H,3,10H2,1-2H3,(H,20,22). The van der Waals surface area contributed by atoms with E-state index in [0.29, 0.717) is 23.4 Å². The highest BCUT2D eigenvalue weighted by Gasteiger charge is 2.32. The highest BCUT2D eigenvalue weighted by atomic mass is 16.5. The first kappa shape index (κ1) is 16.7. The van der Waals surface area contributed by atoms with Gasteiger partial charge in [-0.25, -0.2) is 0 Å². The Bertz CT molecular complexity index is 843. The van der Waals surface area contributed by atoms with Crippen LogP contribution in [0.2, 0.25) is 0 Å². The Morgan fingerprint density at radius 2 is 1.72 bits per heavy atom. The molecule has 0 saturated carbocycles. The van der Waals surface area contributed by atoms with Gasteiger partial charge in [0.05, 0.1) is 24.2 Å². The van der Waals surface area contributed by atoms with E-state index in [0.717, 1.165) is 16.2 Å². The van der Waals surface area contributed by atoms with Crippen LogP contribution in [-0.2, 0) is 11.2 Å². The van der Waals surface area contributed by atoms with Gasteiger partial charge < -0.3 is 10.1 Å². The van der Waals surface area contributed by atoms with Gasteiger partial charge in [0.15, 0.2) is 0 Å². The summed E-state index contributed by atoms with van der Waals surface area (Å²) in [5, 5.41) is 2.76. The minimum absolute atomic E-state index is 0.200. The van der Waals surface area contributed by atoms with Gasteiger partial charge in [-0.2, -0.15) is 0 Å². The molecule has 0 aliphatic carbocycles. The van der Waals surface area contributed by atoms with Gasteiger partial charge >= 0.3 is 0 Å². The molecule has 1 N–H and O–H groups in total. The molecule has 0 fully saturated rings. The molecule has 6 heteroatoms. The summed E-state index contributed by atoms with van der Waals surface area (Å²) >= 11 is 0. The summed E-state index contributed by atoms with van der Waals surface area (Å²) in [5.41, 5.74) is 2.02. The summed E-state index contributed by atoms with van der Waals surface area (Å²) in [7, 11) is 1.44. The zero-order valence-electron chi connectivity index (χ0n) is 14.0. The van der Waals surface area contributed by atoms with Crippen LogP contribution in [-0.4, -0.2) is 36.3 Å². The maximum absolute atomic E-state index is 12.2. The Kier molecular flexibility index (Phi) is 4.52. The van der Waals surface area contributed by atoms with Crippen molar-refractivity contribution in [3.05, 3.63) is 59.2 Å². The molecule has 128 valence electrons. The first-order valence-electron chi connectivity index (χ1n) is 7.97. The average Bonchev–Trinajstić information content (AvgIpc) is 2.81. The summed E-state index contributed by atoms with van der Waals surface area (Å²) in [6.45, 7) is 2.50. The number of ether oxygens (including phenoxy) is 1. The summed E-state index contributed by atoms with van der Waals surface area (Å²) in [5.74, 6) is -0.123. The molecule has 0 aromatic heterocycles. The van der Waals surface area contributed by atoms with E-state index in [1.165, 1.54) is 13.1 Å². The second-order valence-corrected chi connectivity index (χ2v) is 5.73. The third-order valence-corrected chi connectivity index (χ3v) is 3.97. The minimum atomic E-state index is -0.359. The first-order valence-corrected chi connectivity index (χ1v) is 7.97. The molecular weight excluding hydrogens is 320 g/mol. The number of imide groups is 1. The molecule has 2 aromatic carbocycles. The van der Waals surface area contributed by atoms with Crippen LogP contribution in [0.1, 0.15) is 33.2 Å². The molecular formula is C19H18N2O4. The molecule has 2 aromatic rings. The molecule has 0 saturated heterocycles. The molecule has 0 radical (unpaired) electrons. The number of carbonyl (C=O) groups is 3. The van der Waals surface area contributed by atoms with Crippen LogP contribution < -0.4 is 10.1 Å². The topological polar surface area (TPSA) is 75.7 Å². The quantitative estimate of drug-likeness (QED) is 0.850. The van der Waals surface area contributed by atoms with E-state index in [1.807, 2.05) is 31.2 Å². The minimum Gasteiger partial charge on any atom is -0.494 e. The number of benzene rings is 2. The van der Waals surface area contributed by atoms with E-state index in [1.54, 1.807) is 12.1 Å². The van der Waals surface area contributed by atoms with E-state index in [4.69, 9.17) is 4.74 Å². The predicted octanol–water partition coefficient (Wildman–Crippen LogP) is 2.49. The van der Waals surface area contributed by atoms with Crippen molar-refractivity contribution in [3.8, 4) is 5.75 Å². The number of rotatable bonds is 5. The summed E-state index contributed by atoms with van der Waals surface area (Å²) in [6, 6.07) is 12.0. The number of carbonyl (C=O) groups excluding carboxylic acids is 3. The van der Waals surface area contributed by atoms with E-state index < -0.39 is 0 Å². The lowest BCUT2D eigenvalue weighted by atomic mass is 10.1. The fraction of sp³-hybridized carbons (Fsp3) is 0.211. The average molecular weight is 338 g/mol. The molecule has 0 spiro atoms. The monoisotopic (exact) mass is 338 g/mol. The van der Waals surface area contributed by atoms with Crippen molar-refractivity contribution >= 4 is 23.4 Å². The molecule has 1 aliphatic heterocycles. The normalized spacial score (nSPS) is 13.0. The Morgan fingerprint density at radius 3 is 2.40 bits per heavy atom. The van der Waals surface area contributed by atoms with E-state index >= 15 is 0 Å². The highest BCUT2D eigenvalue weighted by Crippen LogP contribution is 2.24. The van der Waals surface area contributed by atoms with Crippen LogP contribution in [0, 0.1) is 0 Å². The third kappa shape index (κ3) is 3.38. The second-order valence-electron chi connectivity index (χ2n) is 5.73. The van der Waals surface area contributed by atoms with Crippen LogP contribution >= 0.6 is 0 Å². The molecule has 0 atom stereocenters. The second kappa shape index (κ2) is 6.76. The van der Waals surface area contributed by atoms with Crippen LogP contribution in [0.15, 0.2) is 42.5 Å². The van der Waals surface area contributed by atoms with Gasteiger partial charge in [0.25, 0.3) is 11.8 Å². The van der Waals surface area contributed by atoms with Crippen molar-refractivity contribution in [2.75, 3.05) is 19.0 Å². The summed E-state index contributed by atoms with van der Waals surface area (Å²) in [6.07, 6.45) is 0.205. The molecule has 6 nitrogen and oxygen atoms in total. The molecule has 1 aliphatic rings. The van der Waals surface area contributed by atoms with Gasteiger partial charge in [0.1, 0.15) is 5.75 Å². The lowest BCUT2D eigenvalue weighted by Gasteiger charge is -2.07. The van der Waals surface area contributed by atoms with Crippen LogP contribution in [0.3, 0.4) is 0 Å². The Balaban J connectivity index is 1.68. The lowest BCUT2D eigenvalue weighted by Crippen LogP contribution is -2.24. The van der Waals surface area contributed by atoms with Crippen LogP contribution in [0.4, 0.5) is 5.69 Å². The number of amides is 3. The van der Waals surface area contributed by atoms with Gasteiger partial charge in [0, 0.05) is 12.7 Å². The lowest BCUT2D eigenvalue weighted by molar-refractivity contribution is -0.115. The largest absolute Gasteiger partial charge is 0.494 e. The van der Waals surface area contributed by atoms with Crippen molar-refractivity contribution in [1.29, 1.82) is 0 Å². The molecule has 0 unspecified atom stereocenters. The fourth-order valence-corrected chi connectivity index (χ4v) is 2.70. The number of nitrogens with one attached hydrogen (secondary N) is 1. The number of hydrogen-bond donors (Lipinski definition) is 1. The predicted molar refractivity (Wildman–Crippen MR) is 92.8 cm³/mol. The van der Waals surface area contributed by atoms with Crippen molar-refractivity contribution in [1.82, 2.24) is 4.90 Å². The number of anilines is 1. The van der Waals surface area contributed by atoms with E-state index in [9.17, 15) is 14.4 Å². The molecule has 25 heavy (non-hydrogen) atoms. The van der Waals surface area contributed by atoms with Gasteiger partial charge in [-0.15, -0.1) is 0 Å². The fourth-order valence-electron chi connectivity index (χ4n) is 2.70. The highest BCUT2D eigenvalue weighted by molar-refractivity contribution is 6.21. The molecule has 0 bridgehead atoms. The van der Waals surface area contributed by atoms with Crippen molar-refractivity contribution in [2.45, 2.75) is 13.3 Å². The smallest absolute Gasteiger partial charge is 0.261 e. The Labute approximate surface area is 145 Å². The number of nitrogens with zero attached hydrogens (tertiary/aromatic N) is 1. The molecule has 1 heterocycles. The number of hydrogen-bond acceptors (Lipinski definition) is 4. The summed E-state index contributed by atoms with van der Waals surface area (Å²) in [4.78, 5) is 37.1. The number of fused-ring (bicyclic) bond motifs is 1.